The van der Waals surface area contributed by atoms with Crippen LogP contribution in [-0.4, -0.2) is 19.4 Å². The molecule has 0 aromatic heterocycles. The van der Waals surface area contributed by atoms with Gasteiger partial charge in [0, 0.05) is 18.7 Å². The lowest BCUT2D eigenvalue weighted by Crippen LogP contribution is -2.26. The number of para-hydroxylation sites is 1. The molecule has 1 unspecified atom stereocenters. The van der Waals surface area contributed by atoms with E-state index >= 15 is 0 Å². The molecule has 2 rings (SSSR count). The third-order valence-electron chi connectivity index (χ3n) is 3.87. The number of aldehydes is 1. The predicted molar refractivity (Wildman–Crippen MR) is 76.6 cm³/mol. The molecule has 1 heterocycles. The number of benzene rings is 1. The number of rotatable bonds is 2. The van der Waals surface area contributed by atoms with Crippen LogP contribution in [0.5, 0.6) is 0 Å². The molecule has 0 aliphatic carbocycles. The van der Waals surface area contributed by atoms with Crippen molar-refractivity contribution < 1.29 is 4.79 Å². The highest BCUT2D eigenvalue weighted by Crippen LogP contribution is 2.38. The van der Waals surface area contributed by atoms with Gasteiger partial charge in [0.1, 0.15) is 0 Å². The van der Waals surface area contributed by atoms with Crippen LogP contribution in [0.4, 0.5) is 5.69 Å². The Hall–Kier alpha value is -1.02. The van der Waals surface area contributed by atoms with Crippen molar-refractivity contribution in [1.29, 1.82) is 0 Å². The fourth-order valence-corrected chi connectivity index (χ4v) is 2.93. The molecule has 0 spiro atoms. The summed E-state index contributed by atoms with van der Waals surface area (Å²) in [6, 6.07) is 5.51. The minimum Gasteiger partial charge on any atom is -0.369 e. The van der Waals surface area contributed by atoms with Gasteiger partial charge in [0.15, 0.2) is 6.29 Å². The molecule has 3 heteroatoms. The monoisotopic (exact) mass is 265 g/mol. The number of carbonyl (C=O) groups is 1. The Morgan fingerprint density at radius 2 is 2.11 bits per heavy atom. The van der Waals surface area contributed by atoms with Gasteiger partial charge in [0.05, 0.1) is 10.7 Å². The van der Waals surface area contributed by atoms with Crippen molar-refractivity contribution in [1.82, 2.24) is 0 Å². The summed E-state index contributed by atoms with van der Waals surface area (Å²) >= 11 is 6.25. The van der Waals surface area contributed by atoms with Crippen LogP contribution in [0.2, 0.25) is 5.02 Å². The van der Waals surface area contributed by atoms with Crippen molar-refractivity contribution in [3.05, 3.63) is 28.8 Å². The first-order chi connectivity index (χ1) is 8.43. The second kappa shape index (κ2) is 4.93. The average Bonchev–Trinajstić information content (AvgIpc) is 2.77. The molecule has 18 heavy (non-hydrogen) atoms. The zero-order chi connectivity index (χ0) is 13.3. The van der Waals surface area contributed by atoms with Gasteiger partial charge >= 0.3 is 0 Å². The van der Waals surface area contributed by atoms with E-state index in [4.69, 9.17) is 11.6 Å². The van der Waals surface area contributed by atoms with Gasteiger partial charge in [0.25, 0.3) is 0 Å². The largest absolute Gasteiger partial charge is 0.369 e. The fourth-order valence-electron chi connectivity index (χ4n) is 2.63. The molecule has 1 aromatic carbocycles. The normalized spacial score (nSPS) is 20.2. The van der Waals surface area contributed by atoms with Gasteiger partial charge in [-0.15, -0.1) is 0 Å². The van der Waals surface area contributed by atoms with Crippen molar-refractivity contribution >= 4 is 23.6 Å². The lowest BCUT2D eigenvalue weighted by atomic mass is 9.80. The van der Waals surface area contributed by atoms with Gasteiger partial charge in [0.2, 0.25) is 0 Å². The molecule has 0 N–H and O–H groups in total. The molecular weight excluding hydrogens is 246 g/mol. The lowest BCUT2D eigenvalue weighted by molar-refractivity contribution is 0.112. The number of hydrogen-bond acceptors (Lipinski definition) is 2. The molecule has 1 aromatic rings. The first-order valence-electron chi connectivity index (χ1n) is 6.42. The zero-order valence-electron chi connectivity index (χ0n) is 11.2. The summed E-state index contributed by atoms with van der Waals surface area (Å²) in [5.74, 6) is 0.647. The Balaban J connectivity index is 2.27. The van der Waals surface area contributed by atoms with Gasteiger partial charge in [-0.05, 0) is 29.9 Å². The third-order valence-corrected chi connectivity index (χ3v) is 4.18. The second-order valence-corrected chi connectivity index (χ2v) is 6.50. The van der Waals surface area contributed by atoms with Crippen molar-refractivity contribution in [2.24, 2.45) is 11.3 Å². The van der Waals surface area contributed by atoms with Crippen LogP contribution in [0.1, 0.15) is 37.6 Å². The molecule has 0 amide bonds. The molecule has 1 fully saturated rings. The van der Waals surface area contributed by atoms with Gasteiger partial charge in [-0.3, -0.25) is 4.79 Å². The Kier molecular flexibility index (Phi) is 3.67. The van der Waals surface area contributed by atoms with Crippen LogP contribution in [0.25, 0.3) is 0 Å². The van der Waals surface area contributed by atoms with Crippen LogP contribution < -0.4 is 4.90 Å². The van der Waals surface area contributed by atoms with Crippen molar-refractivity contribution in [2.45, 2.75) is 27.2 Å². The number of halogens is 1. The van der Waals surface area contributed by atoms with Crippen LogP contribution >= 0.6 is 11.6 Å². The summed E-state index contributed by atoms with van der Waals surface area (Å²) in [4.78, 5) is 13.4. The quantitative estimate of drug-likeness (QED) is 0.753. The van der Waals surface area contributed by atoms with Gasteiger partial charge < -0.3 is 4.90 Å². The smallest absolute Gasteiger partial charge is 0.152 e. The molecule has 1 aliphatic rings. The summed E-state index contributed by atoms with van der Waals surface area (Å²) in [7, 11) is 0. The number of nitrogens with zero attached hydrogens (tertiary/aromatic N) is 1. The Bertz CT molecular complexity index is 450. The van der Waals surface area contributed by atoms with Crippen LogP contribution in [-0.2, 0) is 0 Å². The second-order valence-electron chi connectivity index (χ2n) is 6.09. The topological polar surface area (TPSA) is 20.3 Å². The first-order valence-corrected chi connectivity index (χ1v) is 6.80. The predicted octanol–water partition coefficient (Wildman–Crippen LogP) is 4.02. The fraction of sp³-hybridized carbons (Fsp3) is 0.533. The summed E-state index contributed by atoms with van der Waals surface area (Å²) in [5, 5.41) is 0.675. The van der Waals surface area contributed by atoms with E-state index < -0.39 is 0 Å². The van der Waals surface area contributed by atoms with E-state index in [1.807, 2.05) is 18.2 Å². The molecule has 0 bridgehead atoms. The maximum absolute atomic E-state index is 11.1. The van der Waals surface area contributed by atoms with Crippen LogP contribution in [0.3, 0.4) is 0 Å². The highest BCUT2D eigenvalue weighted by Gasteiger charge is 2.33. The van der Waals surface area contributed by atoms with Gasteiger partial charge in [-0.1, -0.05) is 38.4 Å². The van der Waals surface area contributed by atoms with E-state index in [1.165, 1.54) is 0 Å². The van der Waals surface area contributed by atoms with Crippen molar-refractivity contribution in [3.63, 3.8) is 0 Å². The minimum atomic E-state index is 0.303. The summed E-state index contributed by atoms with van der Waals surface area (Å²) in [5.41, 5.74) is 1.90. The van der Waals surface area contributed by atoms with E-state index in [0.717, 1.165) is 31.5 Å². The first kappa shape index (κ1) is 13.4. The van der Waals surface area contributed by atoms with Crippen LogP contribution in [0, 0.1) is 11.3 Å². The highest BCUT2D eigenvalue weighted by atomic mass is 35.5. The molecule has 98 valence electrons. The maximum Gasteiger partial charge on any atom is 0.152 e. The van der Waals surface area contributed by atoms with Crippen molar-refractivity contribution in [2.75, 3.05) is 18.0 Å². The van der Waals surface area contributed by atoms with Gasteiger partial charge in [-0.2, -0.15) is 0 Å². The van der Waals surface area contributed by atoms with E-state index in [1.54, 1.807) is 0 Å². The van der Waals surface area contributed by atoms with Gasteiger partial charge in [-0.25, -0.2) is 0 Å². The highest BCUT2D eigenvalue weighted by molar-refractivity contribution is 6.33. The standard InChI is InChI=1S/C15H20ClNO/c1-15(2,3)12-7-8-17(9-12)14-11(10-18)5-4-6-13(14)16/h4-6,10,12H,7-9H2,1-3H3. The van der Waals surface area contributed by atoms with E-state index in [9.17, 15) is 4.79 Å². The lowest BCUT2D eigenvalue weighted by Gasteiger charge is -2.28. The SMILES string of the molecule is CC(C)(C)C1CCN(c2c(Cl)cccc2C=O)C1. The number of anilines is 1. The molecule has 0 saturated carbocycles. The van der Waals surface area contributed by atoms with Crippen LogP contribution in [0.15, 0.2) is 18.2 Å². The maximum atomic E-state index is 11.1. The molecular formula is C15H20ClNO. The minimum absolute atomic E-state index is 0.303. The summed E-state index contributed by atoms with van der Waals surface area (Å²) < 4.78 is 0. The molecule has 0 radical (unpaired) electrons. The Labute approximate surface area is 114 Å². The molecule has 1 aliphatic heterocycles. The summed E-state index contributed by atoms with van der Waals surface area (Å²) in [6.07, 6.45) is 2.05. The number of carbonyl (C=O) groups excluding carboxylic acids is 1. The Morgan fingerprint density at radius 1 is 1.39 bits per heavy atom. The Morgan fingerprint density at radius 3 is 2.67 bits per heavy atom. The molecule has 1 atom stereocenters. The molecule has 1 saturated heterocycles. The van der Waals surface area contributed by atoms with E-state index in [0.29, 0.717) is 21.9 Å². The molecule has 2 nitrogen and oxygen atoms in total. The number of hydrogen-bond donors (Lipinski definition) is 0. The average molecular weight is 266 g/mol. The third kappa shape index (κ3) is 2.54. The zero-order valence-corrected chi connectivity index (χ0v) is 12.0. The summed E-state index contributed by atoms with van der Waals surface area (Å²) in [6.45, 7) is 8.78. The van der Waals surface area contributed by atoms with Crippen molar-refractivity contribution in [3.8, 4) is 0 Å². The van der Waals surface area contributed by atoms with E-state index in [2.05, 4.69) is 25.7 Å². The van der Waals surface area contributed by atoms with E-state index in [-0.39, 0.29) is 0 Å².